The van der Waals surface area contributed by atoms with Crippen molar-refractivity contribution >= 4 is 11.3 Å². The van der Waals surface area contributed by atoms with Crippen LogP contribution in [0.1, 0.15) is 11.3 Å². The number of thiazole rings is 1. The summed E-state index contributed by atoms with van der Waals surface area (Å²) in [5.41, 5.74) is 7.68. The van der Waals surface area contributed by atoms with E-state index < -0.39 is 0 Å². The topological polar surface area (TPSA) is 42.1 Å². The van der Waals surface area contributed by atoms with E-state index in [0.29, 0.717) is 6.04 Å². The van der Waals surface area contributed by atoms with E-state index in [1.165, 1.54) is 4.88 Å². The lowest BCUT2D eigenvalue weighted by atomic mass is 10.3. The Bertz CT molecular complexity index is 234. The van der Waals surface area contributed by atoms with Gasteiger partial charge in [0.25, 0.3) is 0 Å². The molecule has 1 aliphatic rings. The van der Waals surface area contributed by atoms with Crippen molar-refractivity contribution in [3.8, 4) is 0 Å². The summed E-state index contributed by atoms with van der Waals surface area (Å²) in [5, 5.41) is 0. The summed E-state index contributed by atoms with van der Waals surface area (Å²) in [6, 6.07) is 0.387. The molecule has 0 aliphatic carbocycles. The molecular weight excluding hydrogens is 170 g/mol. The van der Waals surface area contributed by atoms with Crippen molar-refractivity contribution in [3.63, 3.8) is 0 Å². The molecule has 0 aromatic carbocycles. The highest BCUT2D eigenvalue weighted by molar-refractivity contribution is 7.09. The maximum Gasteiger partial charge on any atom is 0.0794 e. The van der Waals surface area contributed by atoms with Crippen LogP contribution in [0.2, 0.25) is 0 Å². The van der Waals surface area contributed by atoms with Gasteiger partial charge in [-0.3, -0.25) is 9.88 Å². The van der Waals surface area contributed by atoms with Crippen LogP contribution in [0.3, 0.4) is 0 Å². The fourth-order valence-electron chi connectivity index (χ4n) is 1.55. The van der Waals surface area contributed by atoms with Gasteiger partial charge in [0.1, 0.15) is 0 Å². The van der Waals surface area contributed by atoms with Gasteiger partial charge in [-0.2, -0.15) is 0 Å². The van der Waals surface area contributed by atoms with Crippen LogP contribution in [0.5, 0.6) is 0 Å². The minimum absolute atomic E-state index is 0.387. The van der Waals surface area contributed by atoms with E-state index >= 15 is 0 Å². The highest BCUT2D eigenvalue weighted by atomic mass is 32.1. The zero-order chi connectivity index (χ0) is 8.39. The number of hydrogen-bond acceptors (Lipinski definition) is 4. The van der Waals surface area contributed by atoms with Crippen molar-refractivity contribution in [2.24, 2.45) is 5.73 Å². The molecule has 2 heterocycles. The van der Waals surface area contributed by atoms with Gasteiger partial charge in [-0.15, -0.1) is 11.3 Å². The molecule has 2 N–H and O–H groups in total. The molecule has 1 aromatic heterocycles. The summed E-state index contributed by atoms with van der Waals surface area (Å²) in [7, 11) is 0. The third-order valence-electron chi connectivity index (χ3n) is 2.17. The Labute approximate surface area is 76.2 Å². The lowest BCUT2D eigenvalue weighted by Crippen LogP contribution is -2.25. The van der Waals surface area contributed by atoms with Gasteiger partial charge in [0.2, 0.25) is 0 Å². The fraction of sp³-hybridized carbons (Fsp3) is 0.625. The monoisotopic (exact) mass is 183 g/mol. The van der Waals surface area contributed by atoms with Gasteiger partial charge >= 0.3 is 0 Å². The van der Waals surface area contributed by atoms with E-state index in [-0.39, 0.29) is 0 Å². The molecule has 2 rings (SSSR count). The van der Waals surface area contributed by atoms with E-state index in [1.54, 1.807) is 11.3 Å². The van der Waals surface area contributed by atoms with Crippen molar-refractivity contribution in [2.75, 3.05) is 13.1 Å². The number of nitrogens with zero attached hydrogens (tertiary/aromatic N) is 2. The van der Waals surface area contributed by atoms with E-state index in [9.17, 15) is 0 Å². The first-order valence-electron chi connectivity index (χ1n) is 4.20. The number of nitrogens with two attached hydrogens (primary N) is 1. The average molecular weight is 183 g/mol. The molecule has 0 amide bonds. The van der Waals surface area contributed by atoms with Gasteiger partial charge in [0.05, 0.1) is 5.51 Å². The van der Waals surface area contributed by atoms with Crippen LogP contribution in [0.15, 0.2) is 11.7 Å². The zero-order valence-corrected chi connectivity index (χ0v) is 7.76. The highest BCUT2D eigenvalue weighted by Gasteiger charge is 2.18. The van der Waals surface area contributed by atoms with Gasteiger partial charge in [0, 0.05) is 36.8 Å². The summed E-state index contributed by atoms with van der Waals surface area (Å²) in [6.45, 7) is 3.20. The Morgan fingerprint density at radius 1 is 1.75 bits per heavy atom. The van der Waals surface area contributed by atoms with Gasteiger partial charge in [-0.1, -0.05) is 0 Å². The minimum atomic E-state index is 0.387. The summed E-state index contributed by atoms with van der Waals surface area (Å²) in [5.74, 6) is 0. The molecular formula is C8H13N3S. The lowest BCUT2D eigenvalue weighted by Gasteiger charge is -2.12. The highest BCUT2D eigenvalue weighted by Crippen LogP contribution is 2.14. The normalized spacial score (nSPS) is 24.9. The third kappa shape index (κ3) is 1.83. The number of rotatable bonds is 2. The SMILES string of the molecule is N[C@H]1CCN(Cc2cncs2)C1. The molecule has 0 spiro atoms. The minimum Gasteiger partial charge on any atom is -0.326 e. The van der Waals surface area contributed by atoms with E-state index in [1.807, 2.05) is 11.7 Å². The van der Waals surface area contributed by atoms with Crippen molar-refractivity contribution in [2.45, 2.75) is 19.0 Å². The van der Waals surface area contributed by atoms with Crippen LogP contribution in [-0.4, -0.2) is 29.0 Å². The van der Waals surface area contributed by atoms with E-state index in [0.717, 1.165) is 26.1 Å². The Hall–Kier alpha value is -0.450. The second-order valence-corrected chi connectivity index (χ2v) is 4.22. The molecule has 12 heavy (non-hydrogen) atoms. The zero-order valence-electron chi connectivity index (χ0n) is 6.94. The summed E-state index contributed by atoms with van der Waals surface area (Å²) < 4.78 is 0. The molecule has 0 unspecified atom stereocenters. The van der Waals surface area contributed by atoms with Crippen LogP contribution in [-0.2, 0) is 6.54 Å². The van der Waals surface area contributed by atoms with E-state index in [2.05, 4.69) is 9.88 Å². The maximum absolute atomic E-state index is 5.80. The second kappa shape index (κ2) is 3.51. The predicted octanol–water partition coefficient (Wildman–Crippen LogP) is 0.676. The first-order valence-corrected chi connectivity index (χ1v) is 5.08. The Morgan fingerprint density at radius 3 is 3.25 bits per heavy atom. The Kier molecular flexibility index (Phi) is 2.39. The standard InChI is InChI=1S/C8H13N3S/c9-7-1-2-11(4-7)5-8-3-10-6-12-8/h3,6-7H,1-2,4-5,9H2/t7-/m0/s1. The Morgan fingerprint density at radius 2 is 2.67 bits per heavy atom. The van der Waals surface area contributed by atoms with E-state index in [4.69, 9.17) is 5.73 Å². The van der Waals surface area contributed by atoms with Crippen molar-refractivity contribution in [1.29, 1.82) is 0 Å². The van der Waals surface area contributed by atoms with Crippen LogP contribution in [0.25, 0.3) is 0 Å². The van der Waals surface area contributed by atoms with Crippen molar-refractivity contribution in [1.82, 2.24) is 9.88 Å². The van der Waals surface area contributed by atoms with Crippen molar-refractivity contribution in [3.05, 3.63) is 16.6 Å². The molecule has 1 fully saturated rings. The van der Waals surface area contributed by atoms with Crippen LogP contribution in [0, 0.1) is 0 Å². The molecule has 0 saturated carbocycles. The fourth-order valence-corrected chi connectivity index (χ4v) is 2.18. The van der Waals surface area contributed by atoms with Crippen LogP contribution < -0.4 is 5.73 Å². The smallest absolute Gasteiger partial charge is 0.0794 e. The number of hydrogen-bond donors (Lipinski definition) is 1. The molecule has 4 heteroatoms. The van der Waals surface area contributed by atoms with Gasteiger partial charge in [-0.25, -0.2) is 0 Å². The number of likely N-dealkylation sites (tertiary alicyclic amines) is 1. The van der Waals surface area contributed by atoms with Gasteiger partial charge in [-0.05, 0) is 6.42 Å². The van der Waals surface area contributed by atoms with Gasteiger partial charge in [0.15, 0.2) is 0 Å². The second-order valence-electron chi connectivity index (χ2n) is 3.25. The molecule has 66 valence electrons. The predicted molar refractivity (Wildman–Crippen MR) is 50.0 cm³/mol. The summed E-state index contributed by atoms with van der Waals surface area (Å²) >= 11 is 1.72. The third-order valence-corrected chi connectivity index (χ3v) is 2.94. The molecule has 1 saturated heterocycles. The molecule has 0 radical (unpaired) electrons. The quantitative estimate of drug-likeness (QED) is 0.733. The largest absolute Gasteiger partial charge is 0.326 e. The molecule has 3 nitrogen and oxygen atoms in total. The molecule has 1 aromatic rings. The Balaban J connectivity index is 1.88. The maximum atomic E-state index is 5.80. The molecule has 1 atom stereocenters. The number of aromatic nitrogens is 1. The average Bonchev–Trinajstić information content (AvgIpc) is 2.63. The molecule has 1 aliphatic heterocycles. The summed E-state index contributed by atoms with van der Waals surface area (Å²) in [6.07, 6.45) is 3.08. The van der Waals surface area contributed by atoms with Crippen LogP contribution in [0.4, 0.5) is 0 Å². The lowest BCUT2D eigenvalue weighted by molar-refractivity contribution is 0.329. The first kappa shape index (κ1) is 8.16. The van der Waals surface area contributed by atoms with Crippen LogP contribution >= 0.6 is 11.3 Å². The van der Waals surface area contributed by atoms with Crippen molar-refractivity contribution < 1.29 is 0 Å². The molecule has 0 bridgehead atoms. The van der Waals surface area contributed by atoms with Gasteiger partial charge < -0.3 is 5.73 Å². The first-order chi connectivity index (χ1) is 5.84. The summed E-state index contributed by atoms with van der Waals surface area (Å²) in [4.78, 5) is 7.77.